The van der Waals surface area contributed by atoms with Crippen molar-refractivity contribution < 1.29 is 9.53 Å². The Hall–Kier alpha value is -3.91. The zero-order chi connectivity index (χ0) is 24.2. The molecule has 0 aliphatic rings. The van der Waals surface area contributed by atoms with E-state index in [1.807, 2.05) is 63.2 Å². The second kappa shape index (κ2) is 9.93. The predicted molar refractivity (Wildman–Crippen MR) is 135 cm³/mol. The highest BCUT2D eigenvalue weighted by Gasteiger charge is 2.14. The van der Waals surface area contributed by atoms with Gasteiger partial charge in [0.2, 0.25) is 5.95 Å². The van der Waals surface area contributed by atoms with Gasteiger partial charge in [0.05, 0.1) is 19.0 Å². The maximum atomic E-state index is 12.2. The largest absolute Gasteiger partial charge is 0.495 e. The highest BCUT2D eigenvalue weighted by Crippen LogP contribution is 2.36. The number of halogens is 1. The summed E-state index contributed by atoms with van der Waals surface area (Å²) in [5.41, 5.74) is 5.24. The molecule has 0 saturated heterocycles. The number of hydrogen-bond donors (Lipinski definition) is 3. The molecule has 2 aromatic carbocycles. The average Bonchev–Trinajstić information content (AvgIpc) is 3.25. The molecule has 0 saturated carbocycles. The van der Waals surface area contributed by atoms with E-state index < -0.39 is 0 Å². The fraction of sp³-hybridized carbons (Fsp3) is 0.200. The topological polar surface area (TPSA) is 105 Å². The number of nitrogens with zero attached hydrogens (tertiary/aromatic N) is 3. The van der Waals surface area contributed by atoms with Gasteiger partial charge in [0.1, 0.15) is 10.8 Å². The number of ketones is 1. The molecule has 8 nitrogen and oxygen atoms in total. The van der Waals surface area contributed by atoms with Crippen molar-refractivity contribution in [3.63, 3.8) is 0 Å². The van der Waals surface area contributed by atoms with Crippen LogP contribution in [0.3, 0.4) is 0 Å². The number of methoxy groups -OCH3 is 1. The first-order chi connectivity index (χ1) is 16.4. The van der Waals surface area contributed by atoms with Gasteiger partial charge in [0.15, 0.2) is 17.4 Å². The molecule has 2 aromatic heterocycles. The van der Waals surface area contributed by atoms with Gasteiger partial charge in [-0.3, -0.25) is 9.89 Å². The van der Waals surface area contributed by atoms with Crippen molar-refractivity contribution in [2.45, 2.75) is 27.2 Å². The van der Waals surface area contributed by atoms with Crippen molar-refractivity contribution >= 4 is 40.7 Å². The highest BCUT2D eigenvalue weighted by atomic mass is 35.5. The Labute approximate surface area is 202 Å². The minimum atomic E-state index is 0.110. The number of aromatic nitrogens is 4. The second-order valence-corrected chi connectivity index (χ2v) is 8.21. The van der Waals surface area contributed by atoms with Crippen LogP contribution in [-0.4, -0.2) is 33.1 Å². The van der Waals surface area contributed by atoms with E-state index in [0.717, 1.165) is 22.4 Å². The fourth-order valence-corrected chi connectivity index (χ4v) is 3.71. The van der Waals surface area contributed by atoms with E-state index in [0.29, 0.717) is 46.0 Å². The lowest BCUT2D eigenvalue weighted by Gasteiger charge is -2.16. The van der Waals surface area contributed by atoms with Crippen LogP contribution >= 0.6 is 11.6 Å². The van der Waals surface area contributed by atoms with Crippen molar-refractivity contribution in [3.8, 4) is 16.9 Å². The van der Waals surface area contributed by atoms with Crippen LogP contribution in [0.5, 0.6) is 5.75 Å². The Morgan fingerprint density at radius 3 is 2.68 bits per heavy atom. The summed E-state index contributed by atoms with van der Waals surface area (Å²) in [6.45, 7) is 5.77. The minimum Gasteiger partial charge on any atom is -0.495 e. The fourth-order valence-electron chi connectivity index (χ4n) is 3.57. The van der Waals surface area contributed by atoms with Gasteiger partial charge in [-0.2, -0.15) is 10.1 Å². The summed E-state index contributed by atoms with van der Waals surface area (Å²) in [7, 11) is 1.60. The van der Waals surface area contributed by atoms with E-state index in [2.05, 4.69) is 30.8 Å². The SMILES string of the molecule is CCC(=O)c1cccc(-c2cc(OC)c(Nc3ncc(Cl)c(Nc4cc(C)[nH]n4)n3)cc2C)c1. The number of aromatic amines is 1. The van der Waals surface area contributed by atoms with Crippen LogP contribution in [-0.2, 0) is 0 Å². The lowest BCUT2D eigenvalue weighted by molar-refractivity contribution is 0.0988. The maximum absolute atomic E-state index is 12.2. The highest BCUT2D eigenvalue weighted by molar-refractivity contribution is 6.32. The standard InChI is InChI=1S/C25H25ClN6O2/c1-5-21(33)17-8-6-7-16(11-17)18-12-22(34-4)20(9-14(18)2)28-25-27-13-19(26)24(30-25)29-23-10-15(3)31-32-23/h6-13H,5H2,1-4H3,(H3,27,28,29,30,31,32). The number of nitrogens with one attached hydrogen (secondary N) is 3. The molecule has 0 atom stereocenters. The molecule has 0 amide bonds. The molecule has 0 bridgehead atoms. The molecule has 34 heavy (non-hydrogen) atoms. The molecular formula is C25H25ClN6O2. The maximum Gasteiger partial charge on any atom is 0.229 e. The van der Waals surface area contributed by atoms with Crippen molar-refractivity contribution in [1.29, 1.82) is 0 Å². The predicted octanol–water partition coefficient (Wildman–Crippen LogP) is 6.23. The first-order valence-corrected chi connectivity index (χ1v) is 11.2. The van der Waals surface area contributed by atoms with Gasteiger partial charge in [-0.25, -0.2) is 4.98 Å². The van der Waals surface area contributed by atoms with Crippen LogP contribution in [0.15, 0.2) is 48.7 Å². The molecule has 0 fully saturated rings. The number of Topliss-reactive ketones (excluding diaryl/α,β-unsaturated/α-hetero) is 1. The summed E-state index contributed by atoms with van der Waals surface area (Å²) in [5, 5.41) is 13.7. The lowest BCUT2D eigenvalue weighted by Crippen LogP contribution is -2.03. The van der Waals surface area contributed by atoms with Crippen molar-refractivity contribution in [2.24, 2.45) is 0 Å². The van der Waals surface area contributed by atoms with E-state index in [9.17, 15) is 4.79 Å². The van der Waals surface area contributed by atoms with E-state index in [4.69, 9.17) is 16.3 Å². The first kappa shape index (κ1) is 23.3. The Balaban J connectivity index is 1.64. The molecule has 0 spiro atoms. The number of aryl methyl sites for hydroxylation is 2. The average molecular weight is 477 g/mol. The van der Waals surface area contributed by atoms with Crippen LogP contribution in [0.25, 0.3) is 11.1 Å². The quantitative estimate of drug-likeness (QED) is 0.259. The van der Waals surface area contributed by atoms with E-state index >= 15 is 0 Å². The zero-order valence-electron chi connectivity index (χ0n) is 19.4. The summed E-state index contributed by atoms with van der Waals surface area (Å²) >= 11 is 6.27. The van der Waals surface area contributed by atoms with Crippen LogP contribution in [0.1, 0.15) is 35.0 Å². The summed E-state index contributed by atoms with van der Waals surface area (Å²) in [6, 6.07) is 13.4. The number of hydrogen-bond acceptors (Lipinski definition) is 7. The number of H-pyrrole nitrogens is 1. The third-order valence-corrected chi connectivity index (χ3v) is 5.58. The molecule has 4 aromatic rings. The number of carbonyl (C=O) groups is 1. The summed E-state index contributed by atoms with van der Waals surface area (Å²) in [6.07, 6.45) is 1.98. The molecule has 174 valence electrons. The van der Waals surface area contributed by atoms with E-state index in [1.54, 1.807) is 7.11 Å². The molecular weight excluding hydrogens is 452 g/mol. The van der Waals surface area contributed by atoms with Gasteiger partial charge >= 0.3 is 0 Å². The normalized spacial score (nSPS) is 10.7. The molecule has 0 radical (unpaired) electrons. The van der Waals surface area contributed by atoms with Gasteiger partial charge in [0.25, 0.3) is 0 Å². The summed E-state index contributed by atoms with van der Waals surface area (Å²) < 4.78 is 5.65. The lowest BCUT2D eigenvalue weighted by atomic mass is 9.96. The van der Waals surface area contributed by atoms with Gasteiger partial charge < -0.3 is 15.4 Å². The van der Waals surface area contributed by atoms with Crippen LogP contribution < -0.4 is 15.4 Å². The van der Waals surface area contributed by atoms with E-state index in [1.165, 1.54) is 6.20 Å². The molecule has 9 heteroatoms. The monoisotopic (exact) mass is 476 g/mol. The Morgan fingerprint density at radius 2 is 1.97 bits per heavy atom. The third kappa shape index (κ3) is 5.02. The van der Waals surface area contributed by atoms with Crippen molar-refractivity contribution in [3.05, 3.63) is 70.5 Å². The molecule has 0 aliphatic carbocycles. The third-order valence-electron chi connectivity index (χ3n) is 5.31. The molecule has 3 N–H and O–H groups in total. The van der Waals surface area contributed by atoms with Gasteiger partial charge in [-0.15, -0.1) is 0 Å². The smallest absolute Gasteiger partial charge is 0.229 e. The molecule has 2 heterocycles. The number of rotatable bonds is 8. The van der Waals surface area contributed by atoms with Gasteiger partial charge in [0, 0.05) is 23.7 Å². The van der Waals surface area contributed by atoms with Gasteiger partial charge in [-0.1, -0.05) is 36.7 Å². The number of ether oxygens (including phenoxy) is 1. The van der Waals surface area contributed by atoms with Gasteiger partial charge in [-0.05, 0) is 48.7 Å². The molecule has 0 aliphatic heterocycles. The Kier molecular flexibility index (Phi) is 6.79. The summed E-state index contributed by atoms with van der Waals surface area (Å²) in [4.78, 5) is 20.9. The van der Waals surface area contributed by atoms with Crippen LogP contribution in [0, 0.1) is 13.8 Å². The Morgan fingerprint density at radius 1 is 1.15 bits per heavy atom. The number of benzene rings is 2. The van der Waals surface area contributed by atoms with Crippen LogP contribution in [0.4, 0.5) is 23.3 Å². The molecule has 4 rings (SSSR count). The van der Waals surface area contributed by atoms with E-state index in [-0.39, 0.29) is 5.78 Å². The summed E-state index contributed by atoms with van der Waals surface area (Å²) in [5.74, 6) is 2.10. The van der Waals surface area contributed by atoms with Crippen molar-refractivity contribution in [1.82, 2.24) is 20.2 Å². The Bertz CT molecular complexity index is 1350. The first-order valence-electron chi connectivity index (χ1n) is 10.8. The minimum absolute atomic E-state index is 0.110. The number of carbonyl (C=O) groups excluding carboxylic acids is 1. The molecule has 0 unspecified atom stereocenters. The van der Waals surface area contributed by atoms with Crippen molar-refractivity contribution in [2.75, 3.05) is 17.7 Å². The zero-order valence-corrected chi connectivity index (χ0v) is 20.1. The number of anilines is 4. The second-order valence-electron chi connectivity index (χ2n) is 7.80. The van der Waals surface area contributed by atoms with Crippen LogP contribution in [0.2, 0.25) is 5.02 Å².